The Labute approximate surface area is 178 Å². The zero-order valence-electron chi connectivity index (χ0n) is 16.5. The maximum Gasteiger partial charge on any atom is 0.230 e. The molecule has 1 aliphatic rings. The van der Waals surface area contributed by atoms with Crippen LogP contribution in [0, 0.1) is 5.92 Å². The van der Waals surface area contributed by atoms with Gasteiger partial charge in [0.2, 0.25) is 5.91 Å². The van der Waals surface area contributed by atoms with Crippen molar-refractivity contribution < 1.29 is 14.3 Å². The predicted molar refractivity (Wildman–Crippen MR) is 118 cm³/mol. The maximum absolute atomic E-state index is 12.7. The molecule has 0 aliphatic carbocycles. The van der Waals surface area contributed by atoms with E-state index in [1.807, 2.05) is 36.4 Å². The van der Waals surface area contributed by atoms with Crippen LogP contribution in [0.15, 0.2) is 46.8 Å². The fraction of sp³-hybridized carbons (Fsp3) is 0.364. The van der Waals surface area contributed by atoms with Gasteiger partial charge in [0, 0.05) is 6.42 Å². The molecule has 4 rings (SSSR count). The fourth-order valence-corrected chi connectivity index (χ4v) is 5.14. The number of nitrogens with zero attached hydrogens (tertiary/aromatic N) is 1. The Morgan fingerprint density at radius 3 is 2.76 bits per heavy atom. The molecule has 0 radical (unpaired) electrons. The molecule has 3 aromatic rings. The average molecular weight is 429 g/mol. The van der Waals surface area contributed by atoms with Gasteiger partial charge in [-0.2, -0.15) is 0 Å². The van der Waals surface area contributed by atoms with Crippen molar-refractivity contribution in [2.45, 2.75) is 30.6 Å². The highest BCUT2D eigenvalue weighted by molar-refractivity contribution is 8.01. The lowest BCUT2D eigenvalue weighted by molar-refractivity contribution is -0.119. The first-order valence-corrected chi connectivity index (χ1v) is 11.6. The Hall–Kier alpha value is -2.25. The second-order valence-corrected chi connectivity index (χ2v) is 9.54. The van der Waals surface area contributed by atoms with Gasteiger partial charge in [0.05, 0.1) is 35.2 Å². The highest BCUT2D eigenvalue weighted by Crippen LogP contribution is 2.34. The van der Waals surface area contributed by atoms with E-state index in [1.54, 1.807) is 11.3 Å². The number of thiazole rings is 1. The smallest absolute Gasteiger partial charge is 0.230 e. The second kappa shape index (κ2) is 9.05. The van der Waals surface area contributed by atoms with Crippen LogP contribution in [-0.2, 0) is 4.79 Å². The molecule has 1 atom stereocenters. The van der Waals surface area contributed by atoms with Gasteiger partial charge >= 0.3 is 0 Å². The molecule has 1 aromatic heterocycles. The molecule has 0 fully saturated rings. The van der Waals surface area contributed by atoms with E-state index in [4.69, 9.17) is 9.47 Å². The highest BCUT2D eigenvalue weighted by Gasteiger charge is 2.21. The summed E-state index contributed by atoms with van der Waals surface area (Å²) in [5, 5.41) is 3.18. The third kappa shape index (κ3) is 4.85. The van der Waals surface area contributed by atoms with Gasteiger partial charge in [0.15, 0.2) is 15.8 Å². The van der Waals surface area contributed by atoms with Gasteiger partial charge in [0.1, 0.15) is 0 Å². The summed E-state index contributed by atoms with van der Waals surface area (Å²) in [6.07, 6.45) is 0.872. The molecular formula is C22H24N2O3S2. The Bertz CT molecular complexity index is 970. The minimum absolute atomic E-state index is 0.0000624. The average Bonchev–Trinajstić information content (AvgIpc) is 2.99. The minimum atomic E-state index is -0.0874. The van der Waals surface area contributed by atoms with Gasteiger partial charge in [-0.05, 0) is 35.7 Å². The maximum atomic E-state index is 12.7. The Kier molecular flexibility index (Phi) is 6.25. The molecule has 29 heavy (non-hydrogen) atoms. The summed E-state index contributed by atoms with van der Waals surface area (Å²) >= 11 is 3.10. The van der Waals surface area contributed by atoms with E-state index >= 15 is 0 Å². The molecule has 0 unspecified atom stereocenters. The van der Waals surface area contributed by atoms with Crippen molar-refractivity contribution in [2.24, 2.45) is 5.92 Å². The van der Waals surface area contributed by atoms with Crippen LogP contribution < -0.4 is 14.8 Å². The number of rotatable bonds is 6. The number of benzene rings is 2. The molecule has 5 nitrogen and oxygen atoms in total. The van der Waals surface area contributed by atoms with Crippen LogP contribution in [0.25, 0.3) is 10.2 Å². The Morgan fingerprint density at radius 2 is 1.97 bits per heavy atom. The molecule has 1 N–H and O–H groups in total. The van der Waals surface area contributed by atoms with E-state index in [1.165, 1.54) is 11.8 Å². The van der Waals surface area contributed by atoms with Gasteiger partial charge < -0.3 is 14.8 Å². The van der Waals surface area contributed by atoms with Gasteiger partial charge in [0.25, 0.3) is 0 Å². The lowest BCUT2D eigenvalue weighted by Crippen LogP contribution is -2.33. The van der Waals surface area contributed by atoms with Gasteiger partial charge in [-0.25, -0.2) is 4.98 Å². The fourth-order valence-electron chi connectivity index (χ4n) is 3.26. The first-order chi connectivity index (χ1) is 14.1. The quantitative estimate of drug-likeness (QED) is 0.556. The summed E-state index contributed by atoms with van der Waals surface area (Å²) in [5.41, 5.74) is 2.01. The largest absolute Gasteiger partial charge is 0.490 e. The first kappa shape index (κ1) is 20.0. The number of para-hydroxylation sites is 1. The van der Waals surface area contributed by atoms with Crippen LogP contribution in [0.4, 0.5) is 0 Å². The van der Waals surface area contributed by atoms with E-state index in [0.717, 1.165) is 38.0 Å². The molecule has 0 spiro atoms. The number of carbonyl (C=O) groups excluding carboxylic acids is 1. The van der Waals surface area contributed by atoms with Crippen LogP contribution in [0.1, 0.15) is 31.9 Å². The summed E-state index contributed by atoms with van der Waals surface area (Å²) in [7, 11) is 0. The van der Waals surface area contributed by atoms with Crippen LogP contribution in [0.5, 0.6) is 11.5 Å². The Balaban J connectivity index is 1.42. The number of ether oxygens (including phenoxy) is 2. The lowest BCUT2D eigenvalue weighted by Gasteiger charge is -2.23. The number of carbonyl (C=O) groups is 1. The topological polar surface area (TPSA) is 60.5 Å². The van der Waals surface area contributed by atoms with Gasteiger partial charge in [-0.3, -0.25) is 4.79 Å². The Morgan fingerprint density at radius 1 is 1.17 bits per heavy atom. The van der Waals surface area contributed by atoms with Crippen molar-refractivity contribution in [3.8, 4) is 11.5 Å². The van der Waals surface area contributed by atoms with E-state index in [9.17, 15) is 4.79 Å². The van der Waals surface area contributed by atoms with Gasteiger partial charge in [-0.15, -0.1) is 11.3 Å². The van der Waals surface area contributed by atoms with Crippen LogP contribution in [0.3, 0.4) is 0 Å². The molecule has 2 heterocycles. The summed E-state index contributed by atoms with van der Waals surface area (Å²) < 4.78 is 13.6. The van der Waals surface area contributed by atoms with Crippen molar-refractivity contribution in [3.05, 3.63) is 48.0 Å². The van der Waals surface area contributed by atoms with Crippen LogP contribution in [0.2, 0.25) is 0 Å². The second-order valence-electron chi connectivity index (χ2n) is 7.28. The molecule has 0 saturated heterocycles. The number of hydrogen-bond donors (Lipinski definition) is 1. The number of hydrogen-bond acceptors (Lipinski definition) is 6. The zero-order valence-corrected chi connectivity index (χ0v) is 18.1. The molecule has 7 heteroatoms. The van der Waals surface area contributed by atoms with E-state index < -0.39 is 0 Å². The number of amides is 1. The minimum Gasteiger partial charge on any atom is -0.490 e. The monoisotopic (exact) mass is 428 g/mol. The molecule has 0 saturated carbocycles. The van der Waals surface area contributed by atoms with E-state index in [-0.39, 0.29) is 17.9 Å². The molecule has 1 aliphatic heterocycles. The van der Waals surface area contributed by atoms with Crippen molar-refractivity contribution in [2.75, 3.05) is 19.0 Å². The predicted octanol–water partition coefficient (Wildman–Crippen LogP) is 5.06. The molecule has 152 valence electrons. The van der Waals surface area contributed by atoms with Crippen molar-refractivity contribution >= 4 is 39.2 Å². The number of nitrogens with one attached hydrogen (secondary N) is 1. The third-order valence-corrected chi connectivity index (χ3v) is 6.89. The third-order valence-electron chi connectivity index (χ3n) is 4.71. The molecule has 0 bridgehead atoms. The van der Waals surface area contributed by atoms with Crippen molar-refractivity contribution in [3.63, 3.8) is 0 Å². The summed E-state index contributed by atoms with van der Waals surface area (Å²) in [6, 6.07) is 13.9. The van der Waals surface area contributed by atoms with Crippen LogP contribution in [-0.4, -0.2) is 29.9 Å². The van der Waals surface area contributed by atoms with E-state index in [2.05, 4.69) is 30.2 Å². The first-order valence-electron chi connectivity index (χ1n) is 9.77. The summed E-state index contributed by atoms with van der Waals surface area (Å²) in [6.45, 7) is 5.52. The van der Waals surface area contributed by atoms with Gasteiger partial charge in [-0.1, -0.05) is 43.8 Å². The summed E-state index contributed by atoms with van der Waals surface area (Å²) in [5.74, 6) is 2.11. The molecular weight excluding hydrogens is 404 g/mol. The SMILES string of the molecule is CC(C)[C@@H](NC(=O)CSc1nc2ccccc2s1)c1ccc2c(c1)OCCCO2. The number of thioether (sulfide) groups is 1. The normalized spacial score (nSPS) is 14.6. The van der Waals surface area contributed by atoms with Crippen LogP contribution >= 0.6 is 23.1 Å². The van der Waals surface area contributed by atoms with Crippen molar-refractivity contribution in [1.29, 1.82) is 0 Å². The number of fused-ring (bicyclic) bond motifs is 2. The lowest BCUT2D eigenvalue weighted by atomic mass is 9.95. The zero-order chi connectivity index (χ0) is 20.2. The molecule has 1 amide bonds. The number of aromatic nitrogens is 1. The standard InChI is InChI=1S/C22H24N2O3S2/c1-14(2)21(15-8-9-17-18(12-15)27-11-5-10-26-17)24-20(25)13-28-22-23-16-6-3-4-7-19(16)29-22/h3-4,6-9,12,14,21H,5,10-11,13H2,1-2H3,(H,24,25)/t21-/m1/s1. The highest BCUT2D eigenvalue weighted by atomic mass is 32.2. The molecule has 2 aromatic carbocycles. The summed E-state index contributed by atoms with van der Waals surface area (Å²) in [4.78, 5) is 17.2. The van der Waals surface area contributed by atoms with Crippen molar-refractivity contribution in [1.82, 2.24) is 10.3 Å². The van der Waals surface area contributed by atoms with E-state index in [0.29, 0.717) is 19.0 Å².